The van der Waals surface area contributed by atoms with Crippen LogP contribution in [0.3, 0.4) is 0 Å². The maximum absolute atomic E-state index is 8.00. The quantitative estimate of drug-likeness (QED) is 0.474. The van der Waals surface area contributed by atoms with E-state index in [2.05, 4.69) is 9.24 Å². The van der Waals surface area contributed by atoms with Crippen LogP contribution in [0.25, 0.3) is 0 Å². The number of carbonyl (C=O) groups is 1. The molecule has 29 valence electrons. The van der Waals surface area contributed by atoms with E-state index < -0.39 is 0 Å². The molecule has 1 atom stereocenters. The average Bonchev–Trinajstić information content (AvgIpc) is 1.50. The molecule has 0 rings (SSSR count). The minimum Gasteiger partial charge on any atom is -0.307 e. The van der Waals surface area contributed by atoms with Crippen LogP contribution in [0.15, 0.2) is 0 Å². The third-order valence-electron chi connectivity index (χ3n) is 0. The molecule has 5 heavy (non-hydrogen) atoms. The predicted molar refractivity (Wildman–Crippen MR) is 22.8 cm³/mol. The Kier molecular flexibility index (Phi) is 208. The molecule has 0 aromatic carbocycles. The standard InChI is InChI=1S/CH2O.CH5P.Y/c2*1-2;/h1H2;2H2,1H3;. The number of hydrogen-bond donors (Lipinski definition) is 0. The van der Waals surface area contributed by atoms with Crippen LogP contribution in [0.2, 0.25) is 0 Å². The monoisotopic (exact) mass is 167 g/mol. The maximum atomic E-state index is 8.00. The summed E-state index contributed by atoms with van der Waals surface area (Å²) in [7, 11) is 2.42. The van der Waals surface area contributed by atoms with E-state index in [1.807, 2.05) is 13.5 Å². The van der Waals surface area contributed by atoms with Crippen molar-refractivity contribution < 1.29 is 37.5 Å². The zero-order valence-corrected chi connectivity index (χ0v) is 7.26. The molecule has 0 aromatic heterocycles. The van der Waals surface area contributed by atoms with Crippen molar-refractivity contribution >= 4 is 16.0 Å². The second-order valence-electron chi connectivity index (χ2n) is 0. The van der Waals surface area contributed by atoms with Gasteiger partial charge >= 0.3 is 0 Å². The first-order valence-electron chi connectivity index (χ1n) is 0.866. The summed E-state index contributed by atoms with van der Waals surface area (Å²) in [6.45, 7) is 3.92. The van der Waals surface area contributed by atoms with Gasteiger partial charge in [-0.3, -0.25) is 0 Å². The molecule has 0 aromatic rings. The van der Waals surface area contributed by atoms with Crippen molar-refractivity contribution in [3.63, 3.8) is 0 Å². The van der Waals surface area contributed by atoms with E-state index in [-0.39, 0.29) is 32.7 Å². The van der Waals surface area contributed by atoms with Crippen LogP contribution in [0.5, 0.6) is 0 Å². The van der Waals surface area contributed by atoms with Gasteiger partial charge in [0.05, 0.1) is 0 Å². The van der Waals surface area contributed by atoms with E-state index in [1.165, 1.54) is 0 Å². The molecule has 3 heteroatoms. The van der Waals surface area contributed by atoms with Crippen LogP contribution in [-0.2, 0) is 37.5 Å². The molecule has 0 aliphatic carbocycles. The van der Waals surface area contributed by atoms with Crippen molar-refractivity contribution in [1.82, 2.24) is 0 Å². The van der Waals surface area contributed by atoms with Gasteiger partial charge in [-0.1, -0.05) is 6.66 Å². The first-order chi connectivity index (χ1) is 2.00. The van der Waals surface area contributed by atoms with Crippen LogP contribution in [0, 0.1) is 0 Å². The Morgan fingerprint density at radius 1 is 1.40 bits per heavy atom. The second-order valence-corrected chi connectivity index (χ2v) is 0. The van der Waals surface area contributed by atoms with Gasteiger partial charge in [0, 0.05) is 32.7 Å². The Bertz CT molecular complexity index is 9.61. The van der Waals surface area contributed by atoms with Gasteiger partial charge < -0.3 is 4.79 Å². The maximum Gasteiger partial charge on any atom is 0.106 e. The minimum absolute atomic E-state index is 0. The SMILES string of the molecule is C=O.CP.[Y]. The number of hydrogen-bond acceptors (Lipinski definition) is 1. The van der Waals surface area contributed by atoms with Gasteiger partial charge in [0.1, 0.15) is 6.79 Å². The molecule has 0 aliphatic rings. The summed E-state index contributed by atoms with van der Waals surface area (Å²) in [4.78, 5) is 8.00. The van der Waals surface area contributed by atoms with Crippen molar-refractivity contribution in [3.8, 4) is 0 Å². The molecule has 0 saturated heterocycles. The largest absolute Gasteiger partial charge is 0.307 e. The average molecular weight is 167 g/mol. The summed E-state index contributed by atoms with van der Waals surface area (Å²) in [5, 5.41) is 0. The van der Waals surface area contributed by atoms with Gasteiger partial charge in [0.25, 0.3) is 0 Å². The topological polar surface area (TPSA) is 17.1 Å². The number of rotatable bonds is 0. The van der Waals surface area contributed by atoms with Gasteiger partial charge in [0.2, 0.25) is 0 Å². The zero-order valence-electron chi connectivity index (χ0n) is 3.27. The summed E-state index contributed by atoms with van der Waals surface area (Å²) in [6, 6.07) is 0. The molecule has 0 aliphatic heterocycles. The molecule has 1 unspecified atom stereocenters. The molecule has 0 saturated carbocycles. The molecule has 1 nitrogen and oxygen atoms in total. The van der Waals surface area contributed by atoms with Crippen LogP contribution >= 0.6 is 9.24 Å². The van der Waals surface area contributed by atoms with Crippen LogP contribution in [-0.4, -0.2) is 13.5 Å². The molecule has 0 bridgehead atoms. The Morgan fingerprint density at radius 2 is 1.40 bits per heavy atom. The van der Waals surface area contributed by atoms with E-state index in [9.17, 15) is 0 Å². The summed E-state index contributed by atoms with van der Waals surface area (Å²) < 4.78 is 0. The fraction of sp³-hybridized carbons (Fsp3) is 0.500. The third-order valence-corrected chi connectivity index (χ3v) is 0. The van der Waals surface area contributed by atoms with Gasteiger partial charge in [-0.2, -0.15) is 0 Å². The Labute approximate surface area is 60.0 Å². The molecule has 0 heterocycles. The number of carbonyl (C=O) groups excluding carboxylic acids is 1. The van der Waals surface area contributed by atoms with Crippen LogP contribution < -0.4 is 0 Å². The second kappa shape index (κ2) is 63.5. The van der Waals surface area contributed by atoms with E-state index in [0.29, 0.717) is 0 Å². The molecule has 0 fully saturated rings. The Hall–Kier alpha value is 1.20. The van der Waals surface area contributed by atoms with Gasteiger partial charge in [-0.25, -0.2) is 0 Å². The minimum atomic E-state index is 0. The van der Waals surface area contributed by atoms with Crippen LogP contribution in [0.4, 0.5) is 0 Å². The predicted octanol–water partition coefficient (Wildman–Crippen LogP) is 0.304. The first-order valence-corrected chi connectivity index (χ1v) is 2.02. The van der Waals surface area contributed by atoms with Crippen molar-refractivity contribution in [2.45, 2.75) is 0 Å². The zero-order chi connectivity index (χ0) is 4.00. The molecule has 0 amide bonds. The van der Waals surface area contributed by atoms with Crippen molar-refractivity contribution in [3.05, 3.63) is 0 Å². The van der Waals surface area contributed by atoms with Crippen LogP contribution in [0.1, 0.15) is 0 Å². The van der Waals surface area contributed by atoms with Crippen molar-refractivity contribution in [2.24, 2.45) is 0 Å². The molecule has 0 N–H and O–H groups in total. The van der Waals surface area contributed by atoms with Gasteiger partial charge in [-0.15, -0.1) is 9.24 Å². The van der Waals surface area contributed by atoms with Crippen molar-refractivity contribution in [1.29, 1.82) is 0 Å². The van der Waals surface area contributed by atoms with E-state index in [4.69, 9.17) is 4.79 Å². The van der Waals surface area contributed by atoms with Gasteiger partial charge in [-0.05, 0) is 0 Å². The van der Waals surface area contributed by atoms with E-state index in [0.717, 1.165) is 0 Å². The van der Waals surface area contributed by atoms with E-state index in [1.54, 1.807) is 0 Å². The Balaban J connectivity index is -0.0000000133. The smallest absolute Gasteiger partial charge is 0.106 e. The third kappa shape index (κ3) is 36.9. The first kappa shape index (κ1) is 16.4. The molecular formula is C2H7OPY. The molecule has 0 spiro atoms. The van der Waals surface area contributed by atoms with Crippen molar-refractivity contribution in [2.75, 3.05) is 6.66 Å². The fourth-order valence-corrected chi connectivity index (χ4v) is 0. The molecule has 1 radical (unpaired) electrons. The van der Waals surface area contributed by atoms with Gasteiger partial charge in [0.15, 0.2) is 0 Å². The fourth-order valence-electron chi connectivity index (χ4n) is 0. The Morgan fingerprint density at radius 3 is 1.40 bits per heavy atom. The molecular weight excluding hydrogens is 160 g/mol. The summed E-state index contributed by atoms with van der Waals surface area (Å²) in [5.74, 6) is 0. The summed E-state index contributed by atoms with van der Waals surface area (Å²) in [5.41, 5.74) is 0. The summed E-state index contributed by atoms with van der Waals surface area (Å²) >= 11 is 0. The summed E-state index contributed by atoms with van der Waals surface area (Å²) in [6.07, 6.45) is 0. The normalized spacial score (nSPS) is 2.00. The van der Waals surface area contributed by atoms with E-state index >= 15 is 0 Å².